The first-order valence-corrected chi connectivity index (χ1v) is 9.22. The van der Waals surface area contributed by atoms with Crippen molar-refractivity contribution in [2.75, 3.05) is 19.5 Å². The molecule has 0 aliphatic carbocycles. The highest BCUT2D eigenvalue weighted by Crippen LogP contribution is 2.21. The van der Waals surface area contributed by atoms with Crippen molar-refractivity contribution in [3.63, 3.8) is 0 Å². The topological polar surface area (TPSA) is 67.9 Å². The van der Waals surface area contributed by atoms with Crippen molar-refractivity contribution >= 4 is 34.3 Å². The van der Waals surface area contributed by atoms with E-state index < -0.39 is 0 Å². The molecule has 0 atom stereocenters. The lowest BCUT2D eigenvalue weighted by atomic mass is 10.2. The molecule has 0 radical (unpaired) electrons. The molecule has 0 fully saturated rings. The molecule has 0 amide bonds. The van der Waals surface area contributed by atoms with E-state index in [2.05, 4.69) is 11.1 Å². The van der Waals surface area contributed by atoms with E-state index in [9.17, 15) is 4.79 Å². The molecule has 1 aromatic heterocycles. The van der Waals surface area contributed by atoms with Crippen molar-refractivity contribution in [3.8, 4) is 6.07 Å². The molecule has 0 saturated heterocycles. The fraction of sp³-hybridized carbons (Fsp3) is 0.471. The number of aromatic nitrogens is 2. The SMILES string of the molecule is COCCCn1c(SCCCCC#N)nc2cc(Cl)ccc2c1=O. The summed E-state index contributed by atoms with van der Waals surface area (Å²) in [5, 5.41) is 10.4. The van der Waals surface area contributed by atoms with Gasteiger partial charge in [0.2, 0.25) is 0 Å². The Morgan fingerprint density at radius 1 is 1.38 bits per heavy atom. The first-order valence-electron chi connectivity index (χ1n) is 7.86. The predicted octanol–water partition coefficient (Wildman–Crippen LogP) is 3.87. The quantitative estimate of drug-likeness (QED) is 0.383. The van der Waals surface area contributed by atoms with Crippen molar-refractivity contribution in [1.29, 1.82) is 5.26 Å². The van der Waals surface area contributed by atoms with Gasteiger partial charge < -0.3 is 4.74 Å². The van der Waals surface area contributed by atoms with Crippen LogP contribution in [-0.4, -0.2) is 29.0 Å². The standard InChI is InChI=1S/C17H20ClN3O2S/c1-23-10-5-9-21-16(22)14-7-6-13(18)12-15(14)20-17(21)24-11-4-2-3-8-19/h6-7,12H,2-5,9-11H2,1H3. The second-order valence-corrected chi connectivity index (χ2v) is 6.82. The van der Waals surface area contributed by atoms with E-state index in [0.717, 1.165) is 25.0 Å². The van der Waals surface area contributed by atoms with Gasteiger partial charge in [0.05, 0.1) is 17.0 Å². The number of fused-ring (bicyclic) bond motifs is 1. The van der Waals surface area contributed by atoms with Crippen LogP contribution >= 0.6 is 23.4 Å². The molecule has 2 rings (SSSR count). The third kappa shape index (κ3) is 4.97. The third-order valence-electron chi connectivity index (χ3n) is 3.53. The van der Waals surface area contributed by atoms with Crippen LogP contribution in [0.15, 0.2) is 28.2 Å². The molecule has 0 aliphatic rings. The number of hydrogen-bond donors (Lipinski definition) is 0. The summed E-state index contributed by atoms with van der Waals surface area (Å²) < 4.78 is 6.79. The minimum absolute atomic E-state index is 0.0488. The molecule has 7 heteroatoms. The first kappa shape index (κ1) is 18.8. The van der Waals surface area contributed by atoms with Gasteiger partial charge in [0.25, 0.3) is 5.56 Å². The van der Waals surface area contributed by atoms with E-state index in [4.69, 9.17) is 21.6 Å². The normalized spacial score (nSPS) is 10.9. The summed E-state index contributed by atoms with van der Waals surface area (Å²) in [6, 6.07) is 7.30. The molecule has 128 valence electrons. The van der Waals surface area contributed by atoms with Gasteiger partial charge in [0.1, 0.15) is 0 Å². The fourth-order valence-corrected chi connectivity index (χ4v) is 3.51. The number of hydrogen-bond acceptors (Lipinski definition) is 5. The van der Waals surface area contributed by atoms with Crippen LogP contribution in [0.2, 0.25) is 5.02 Å². The maximum atomic E-state index is 12.8. The Morgan fingerprint density at radius 2 is 2.21 bits per heavy atom. The molecule has 0 bridgehead atoms. The van der Waals surface area contributed by atoms with E-state index in [0.29, 0.717) is 40.7 Å². The molecular formula is C17H20ClN3O2S. The van der Waals surface area contributed by atoms with Crippen molar-refractivity contribution in [2.24, 2.45) is 0 Å². The second kappa shape index (κ2) is 9.67. The number of nitriles is 1. The van der Waals surface area contributed by atoms with Crippen LogP contribution in [0.3, 0.4) is 0 Å². The van der Waals surface area contributed by atoms with Gasteiger partial charge in [-0.3, -0.25) is 9.36 Å². The van der Waals surface area contributed by atoms with E-state index in [1.54, 1.807) is 41.6 Å². The smallest absolute Gasteiger partial charge is 0.262 e. The molecule has 24 heavy (non-hydrogen) atoms. The van der Waals surface area contributed by atoms with Crippen LogP contribution in [0.4, 0.5) is 0 Å². The molecule has 5 nitrogen and oxygen atoms in total. The lowest BCUT2D eigenvalue weighted by molar-refractivity contribution is 0.189. The van der Waals surface area contributed by atoms with Gasteiger partial charge in [-0.05, 0) is 37.5 Å². The summed E-state index contributed by atoms with van der Waals surface area (Å²) in [5.74, 6) is 0.824. The van der Waals surface area contributed by atoms with E-state index in [1.807, 2.05) is 0 Å². The largest absolute Gasteiger partial charge is 0.385 e. The lowest BCUT2D eigenvalue weighted by Gasteiger charge is -2.13. The van der Waals surface area contributed by atoms with Gasteiger partial charge in [-0.1, -0.05) is 23.4 Å². The van der Waals surface area contributed by atoms with Crippen LogP contribution < -0.4 is 5.56 Å². The van der Waals surface area contributed by atoms with E-state index in [1.165, 1.54) is 0 Å². The van der Waals surface area contributed by atoms with E-state index in [-0.39, 0.29) is 5.56 Å². The lowest BCUT2D eigenvalue weighted by Crippen LogP contribution is -2.24. The molecule has 2 aromatic rings. The van der Waals surface area contributed by atoms with Gasteiger partial charge in [0.15, 0.2) is 5.16 Å². The Balaban J connectivity index is 2.28. The molecule has 0 aliphatic heterocycles. The van der Waals surface area contributed by atoms with Gasteiger partial charge in [-0.2, -0.15) is 5.26 Å². The molecule has 1 heterocycles. The zero-order valence-electron chi connectivity index (χ0n) is 13.6. The average molecular weight is 366 g/mol. The number of ether oxygens (including phenoxy) is 1. The highest BCUT2D eigenvalue weighted by molar-refractivity contribution is 7.99. The van der Waals surface area contributed by atoms with Crippen molar-refractivity contribution < 1.29 is 4.74 Å². The third-order valence-corrected chi connectivity index (χ3v) is 4.82. The zero-order valence-corrected chi connectivity index (χ0v) is 15.2. The van der Waals surface area contributed by atoms with Gasteiger partial charge in [-0.15, -0.1) is 0 Å². The van der Waals surface area contributed by atoms with Gasteiger partial charge in [-0.25, -0.2) is 4.98 Å². The Morgan fingerprint density at radius 3 is 2.96 bits per heavy atom. The van der Waals surface area contributed by atoms with Crippen molar-refractivity contribution in [3.05, 3.63) is 33.6 Å². The van der Waals surface area contributed by atoms with Crippen LogP contribution in [-0.2, 0) is 11.3 Å². The summed E-state index contributed by atoms with van der Waals surface area (Å²) in [6.07, 6.45) is 3.08. The maximum Gasteiger partial charge on any atom is 0.262 e. The number of thioether (sulfide) groups is 1. The Bertz CT molecular complexity index is 786. The Kier molecular flexibility index (Phi) is 7.57. The predicted molar refractivity (Wildman–Crippen MR) is 97.7 cm³/mol. The summed E-state index contributed by atoms with van der Waals surface area (Å²) >= 11 is 7.57. The minimum Gasteiger partial charge on any atom is -0.385 e. The molecule has 0 saturated carbocycles. The number of nitrogens with zero attached hydrogens (tertiary/aromatic N) is 3. The van der Waals surface area contributed by atoms with Crippen molar-refractivity contribution in [1.82, 2.24) is 9.55 Å². The first-order chi connectivity index (χ1) is 11.7. The molecule has 0 N–H and O–H groups in total. The molecular weight excluding hydrogens is 346 g/mol. The van der Waals surface area contributed by atoms with Gasteiger partial charge >= 0.3 is 0 Å². The minimum atomic E-state index is -0.0488. The molecule has 0 spiro atoms. The van der Waals surface area contributed by atoms with Crippen LogP contribution in [0.1, 0.15) is 25.7 Å². The zero-order chi connectivity index (χ0) is 17.4. The number of benzene rings is 1. The Labute approximate surface area is 150 Å². The molecule has 0 unspecified atom stereocenters. The second-order valence-electron chi connectivity index (χ2n) is 5.32. The number of methoxy groups -OCH3 is 1. The summed E-state index contributed by atoms with van der Waals surface area (Å²) in [6.45, 7) is 1.16. The number of unbranched alkanes of at least 4 members (excludes halogenated alkanes) is 2. The highest BCUT2D eigenvalue weighted by atomic mass is 35.5. The van der Waals surface area contributed by atoms with Crippen LogP contribution in [0.25, 0.3) is 10.9 Å². The summed E-state index contributed by atoms with van der Waals surface area (Å²) in [5.41, 5.74) is 0.572. The van der Waals surface area contributed by atoms with Gasteiger partial charge in [0, 0.05) is 37.5 Å². The monoisotopic (exact) mass is 365 g/mol. The Hall–Kier alpha value is -1.55. The maximum absolute atomic E-state index is 12.8. The number of halogens is 1. The van der Waals surface area contributed by atoms with Crippen LogP contribution in [0.5, 0.6) is 0 Å². The fourth-order valence-electron chi connectivity index (χ4n) is 2.32. The number of rotatable bonds is 9. The molecule has 1 aromatic carbocycles. The summed E-state index contributed by atoms with van der Waals surface area (Å²) in [7, 11) is 1.65. The average Bonchev–Trinajstić information content (AvgIpc) is 2.57. The van der Waals surface area contributed by atoms with E-state index >= 15 is 0 Å². The summed E-state index contributed by atoms with van der Waals surface area (Å²) in [4.78, 5) is 17.4. The van der Waals surface area contributed by atoms with Crippen molar-refractivity contribution in [2.45, 2.75) is 37.4 Å². The van der Waals surface area contributed by atoms with Crippen LogP contribution in [0, 0.1) is 11.3 Å². The highest BCUT2D eigenvalue weighted by Gasteiger charge is 2.12.